The van der Waals surface area contributed by atoms with E-state index in [9.17, 15) is 74.1 Å². The number of carbonyl (C=O) groups excluding carboxylic acids is 8. The van der Waals surface area contributed by atoms with Gasteiger partial charge in [0.15, 0.2) is 0 Å². The van der Waals surface area contributed by atoms with Crippen molar-refractivity contribution in [2.24, 2.45) is 17.6 Å². The average molecular weight is 1160 g/mol. The maximum atomic E-state index is 14.4. The highest BCUT2D eigenvalue weighted by molar-refractivity contribution is 14.1. The van der Waals surface area contributed by atoms with Crippen molar-refractivity contribution in [1.82, 2.24) is 36.4 Å². The number of aliphatic hydroxyl groups is 6. The molecule has 0 bridgehead atoms. The second-order valence-corrected chi connectivity index (χ2v) is 21.7. The molecule has 3 fully saturated rings. The van der Waals surface area contributed by atoms with Gasteiger partial charge in [0, 0.05) is 45.3 Å². The number of phenols is 1. The summed E-state index contributed by atoms with van der Waals surface area (Å²) in [6, 6.07) is -6.61. The molecular formula is C50H79IN8O15. The summed E-state index contributed by atoms with van der Waals surface area (Å²) in [4.78, 5) is 113. The number of amides is 8. The van der Waals surface area contributed by atoms with Crippen molar-refractivity contribution in [3.63, 3.8) is 0 Å². The average Bonchev–Trinajstić information content (AvgIpc) is 3.93. The van der Waals surface area contributed by atoms with Crippen LogP contribution in [0.1, 0.15) is 123 Å². The molecule has 416 valence electrons. The number of primary amides is 1. The third kappa shape index (κ3) is 18.2. The number of hydrogen-bond acceptors (Lipinski definition) is 15. The Bertz CT molecular complexity index is 2100. The van der Waals surface area contributed by atoms with Gasteiger partial charge in [-0.1, -0.05) is 71.8 Å². The van der Waals surface area contributed by atoms with Gasteiger partial charge in [-0.05, 0) is 78.3 Å². The maximum absolute atomic E-state index is 14.4. The fourth-order valence-corrected chi connectivity index (χ4v) is 10.4. The molecular weight excluding hydrogens is 1080 g/mol. The van der Waals surface area contributed by atoms with E-state index >= 15 is 0 Å². The Morgan fingerprint density at radius 2 is 1.42 bits per heavy atom. The first-order valence-electron chi connectivity index (χ1n) is 25.8. The summed E-state index contributed by atoms with van der Waals surface area (Å²) in [5, 5.41) is 89.2. The number of nitrogens with zero attached hydrogens (tertiary/aromatic N) is 2. The van der Waals surface area contributed by atoms with E-state index in [2.05, 4.69) is 47.4 Å². The van der Waals surface area contributed by atoms with Crippen LogP contribution < -0.4 is 32.3 Å². The van der Waals surface area contributed by atoms with E-state index in [1.165, 1.54) is 31.5 Å². The van der Waals surface area contributed by atoms with E-state index in [1.807, 2.05) is 22.6 Å². The Balaban J connectivity index is 1.66. The highest BCUT2D eigenvalue weighted by Gasteiger charge is 2.48. The van der Waals surface area contributed by atoms with E-state index in [0.29, 0.717) is 27.4 Å². The van der Waals surface area contributed by atoms with E-state index < -0.39 is 152 Å². The first kappa shape index (κ1) is 61.8. The molecule has 23 nitrogen and oxygen atoms in total. The zero-order chi connectivity index (χ0) is 55.0. The third-order valence-electron chi connectivity index (χ3n) is 14.1. The summed E-state index contributed by atoms with van der Waals surface area (Å²) < 4.78 is 0.362. The number of carbonyl (C=O) groups is 8. The van der Waals surface area contributed by atoms with Gasteiger partial charge in [-0.2, -0.15) is 0 Å². The lowest BCUT2D eigenvalue weighted by atomic mass is 9.91. The molecule has 74 heavy (non-hydrogen) atoms. The second-order valence-electron chi connectivity index (χ2n) is 20.5. The van der Waals surface area contributed by atoms with Crippen molar-refractivity contribution >= 4 is 69.8 Å². The van der Waals surface area contributed by atoms with Crippen LogP contribution in [0.2, 0.25) is 0 Å². The predicted molar refractivity (Wildman–Crippen MR) is 276 cm³/mol. The second kappa shape index (κ2) is 29.5. The molecule has 0 aromatic heterocycles. The number of aromatic hydroxyl groups is 1. The quantitative estimate of drug-likeness (QED) is 0.0520. The SMILES string of the molecule is CCC(C)CC(C)CCCCCCCCC(=O)N[C@@H]1C[C@@H](O)CNC(=O)[C@@H]2[C@@H](O)CCN2C(=O)[C@H]([C@@H](O)CC(N)=O)NC(=O)[C@H]([C@@H](O)Cc2ccc(O)c(I)c2)NC(=O)[C@@H]2C[C@@H](O)CN2C(=O)[C@H]([C@@H](C)O)NC1=O. The first-order chi connectivity index (χ1) is 34.9. The smallest absolute Gasteiger partial charge is 0.248 e. The number of unbranched alkanes of at least 4 members (excludes halogenated alkanes) is 5. The number of benzene rings is 1. The highest BCUT2D eigenvalue weighted by Crippen LogP contribution is 2.26. The minimum absolute atomic E-state index is 0.00360. The standard InChI is InChI=1S/C50H79IN8O15/c1-5-26(2)18-27(3)12-10-8-6-7-9-11-13-40(68)54-33-21-30(61)24-53-48(72)44-36(64)16-17-58(44)50(74)43(38(66)23-39(52)67)57-47(71)42(37(65)20-29-14-15-35(63)32(51)19-29)56-46(70)34-22-31(62)25-59(34)49(73)41(28(4)60)55-45(33)69/h14-15,19,26-28,30-31,33-34,36-38,41-44,60-66H,5-13,16-18,20-25H2,1-4H3,(H2,52,67)(H,53,72)(H,54,68)(H,55,69)(H,56,70)(H,57,71)/t26?,27?,28-,30-,31-,33-,34+,36+,37+,38+,41+,42+,43+,44+/m1/s1. The summed E-state index contributed by atoms with van der Waals surface area (Å²) in [6.45, 7) is 6.48. The van der Waals surface area contributed by atoms with Gasteiger partial charge >= 0.3 is 0 Å². The van der Waals surface area contributed by atoms with Crippen molar-refractivity contribution in [3.8, 4) is 5.75 Å². The van der Waals surface area contributed by atoms with Crippen molar-refractivity contribution in [2.75, 3.05) is 19.6 Å². The predicted octanol–water partition coefficient (Wildman–Crippen LogP) is -1.55. The number of hydrogen-bond donors (Lipinski definition) is 13. The molecule has 0 aliphatic carbocycles. The number of rotatable bonds is 20. The van der Waals surface area contributed by atoms with Gasteiger partial charge in [0.05, 0.1) is 46.6 Å². The Morgan fingerprint density at radius 1 is 0.784 bits per heavy atom. The van der Waals surface area contributed by atoms with Crippen LogP contribution in [0.4, 0.5) is 0 Å². The molecule has 2 unspecified atom stereocenters. The van der Waals surface area contributed by atoms with Gasteiger partial charge in [-0.25, -0.2) is 0 Å². The molecule has 3 aliphatic heterocycles. The normalized spacial score (nSPS) is 27.8. The molecule has 1 aromatic carbocycles. The zero-order valence-corrected chi connectivity index (χ0v) is 44.9. The fourth-order valence-electron chi connectivity index (χ4n) is 9.79. The molecule has 3 aliphatic rings. The van der Waals surface area contributed by atoms with Crippen molar-refractivity contribution < 1.29 is 74.1 Å². The molecule has 0 radical (unpaired) electrons. The molecule has 1 aromatic rings. The van der Waals surface area contributed by atoms with Gasteiger partial charge in [-0.15, -0.1) is 0 Å². The van der Waals surface area contributed by atoms with Crippen LogP contribution in [0.25, 0.3) is 0 Å². The van der Waals surface area contributed by atoms with Gasteiger partial charge in [-0.3, -0.25) is 38.4 Å². The van der Waals surface area contributed by atoms with Crippen molar-refractivity contribution in [2.45, 2.75) is 197 Å². The van der Waals surface area contributed by atoms with Crippen LogP contribution in [0.5, 0.6) is 5.75 Å². The monoisotopic (exact) mass is 1160 g/mol. The molecule has 0 saturated carbocycles. The first-order valence-corrected chi connectivity index (χ1v) is 26.9. The van der Waals surface area contributed by atoms with Crippen LogP contribution in [-0.2, 0) is 44.8 Å². The van der Waals surface area contributed by atoms with Crippen LogP contribution in [0, 0.1) is 15.4 Å². The number of phenolic OH excluding ortho intramolecular Hbond substituents is 1. The summed E-state index contributed by atoms with van der Waals surface area (Å²) in [5.74, 6) is -7.18. The number of nitrogens with one attached hydrogen (secondary N) is 5. The summed E-state index contributed by atoms with van der Waals surface area (Å²) in [7, 11) is 0. The maximum Gasteiger partial charge on any atom is 0.248 e. The van der Waals surface area contributed by atoms with E-state index in [1.54, 1.807) is 0 Å². The largest absolute Gasteiger partial charge is 0.507 e. The van der Waals surface area contributed by atoms with Crippen LogP contribution in [0.3, 0.4) is 0 Å². The lowest BCUT2D eigenvalue weighted by Crippen LogP contribution is -2.64. The van der Waals surface area contributed by atoms with Crippen molar-refractivity contribution in [1.29, 1.82) is 0 Å². The van der Waals surface area contributed by atoms with Gasteiger partial charge in [0.2, 0.25) is 47.3 Å². The number of β-amino-alcohol motifs (C(OH)–C–C–N with tert-alkyl or cyclic N) is 1. The lowest BCUT2D eigenvalue weighted by Gasteiger charge is -2.33. The van der Waals surface area contributed by atoms with Gasteiger partial charge in [0.25, 0.3) is 0 Å². The zero-order valence-electron chi connectivity index (χ0n) is 42.8. The van der Waals surface area contributed by atoms with Crippen LogP contribution >= 0.6 is 22.6 Å². The highest BCUT2D eigenvalue weighted by atomic mass is 127. The number of nitrogens with two attached hydrogens (primary N) is 1. The molecule has 14 N–H and O–H groups in total. The third-order valence-corrected chi connectivity index (χ3v) is 15.0. The number of fused-ring (bicyclic) bond motifs is 2. The van der Waals surface area contributed by atoms with Gasteiger partial charge in [0.1, 0.15) is 42.0 Å². The Labute approximate surface area is 445 Å². The summed E-state index contributed by atoms with van der Waals surface area (Å²) in [5.41, 5.74) is 5.72. The molecule has 14 atom stereocenters. The Morgan fingerprint density at radius 3 is 2.07 bits per heavy atom. The van der Waals surface area contributed by atoms with E-state index in [0.717, 1.165) is 54.7 Å². The summed E-state index contributed by atoms with van der Waals surface area (Å²) in [6.07, 6.45) is -3.73. The van der Waals surface area contributed by atoms with E-state index in [-0.39, 0.29) is 31.6 Å². The Hall–Kier alpha value is -4.73. The molecule has 4 rings (SSSR count). The number of aliphatic hydroxyl groups excluding tert-OH is 6. The van der Waals surface area contributed by atoms with Crippen LogP contribution in [-0.4, -0.2) is 185 Å². The minimum atomic E-state index is -2.10. The van der Waals surface area contributed by atoms with Gasteiger partial charge < -0.3 is 77.9 Å². The lowest BCUT2D eigenvalue weighted by molar-refractivity contribution is -0.147. The van der Waals surface area contributed by atoms with Crippen LogP contribution in [0.15, 0.2) is 18.2 Å². The molecule has 3 heterocycles. The fraction of sp³-hybridized carbons (Fsp3) is 0.720. The summed E-state index contributed by atoms with van der Waals surface area (Å²) >= 11 is 1.83. The van der Waals surface area contributed by atoms with E-state index in [4.69, 9.17) is 5.73 Å². The minimum Gasteiger partial charge on any atom is -0.507 e. The Kier molecular flexibility index (Phi) is 24.7. The molecule has 24 heteroatoms. The molecule has 0 spiro atoms. The molecule has 8 amide bonds. The molecule has 3 saturated heterocycles. The topological polar surface area (TPSA) is 371 Å². The number of halogens is 1. The van der Waals surface area contributed by atoms with Crippen molar-refractivity contribution in [3.05, 3.63) is 27.3 Å².